The number of benzene rings is 3. The minimum Gasteiger partial charge on any atom is -0.338 e. The molecule has 0 unspecified atom stereocenters. The standard InChI is InChI=1S/C26H21FN2/c1-17-18(2)29(16-22-9-5-6-10-24(22)27)26-23(17)13-14-28-25(26)21-12-11-19-7-3-4-8-20(19)15-21/h3-15H,16H2,1-2H3. The highest BCUT2D eigenvalue weighted by Crippen LogP contribution is 2.34. The Morgan fingerprint density at radius 2 is 1.62 bits per heavy atom. The van der Waals surface area contributed by atoms with Crippen LogP contribution in [0.1, 0.15) is 16.8 Å². The Balaban J connectivity index is 1.76. The van der Waals surface area contributed by atoms with Gasteiger partial charge in [-0.2, -0.15) is 0 Å². The Labute approximate surface area is 169 Å². The van der Waals surface area contributed by atoms with Crippen LogP contribution in [0.2, 0.25) is 0 Å². The fourth-order valence-electron chi connectivity index (χ4n) is 4.14. The number of aryl methyl sites for hydroxylation is 1. The minimum atomic E-state index is -0.178. The second-order valence-electron chi connectivity index (χ2n) is 7.51. The van der Waals surface area contributed by atoms with E-state index in [9.17, 15) is 4.39 Å². The van der Waals surface area contributed by atoms with Gasteiger partial charge in [0.25, 0.3) is 0 Å². The maximum absolute atomic E-state index is 14.4. The smallest absolute Gasteiger partial charge is 0.128 e. The van der Waals surface area contributed by atoms with E-state index in [0.717, 1.165) is 27.9 Å². The van der Waals surface area contributed by atoms with Crippen molar-refractivity contribution in [2.75, 3.05) is 0 Å². The Bertz CT molecular complexity index is 1360. The molecule has 29 heavy (non-hydrogen) atoms. The molecule has 142 valence electrons. The van der Waals surface area contributed by atoms with E-state index in [0.29, 0.717) is 12.1 Å². The van der Waals surface area contributed by atoms with Crippen LogP contribution in [0.25, 0.3) is 32.9 Å². The van der Waals surface area contributed by atoms with Gasteiger partial charge in [0.2, 0.25) is 0 Å². The first-order valence-electron chi connectivity index (χ1n) is 9.80. The maximum atomic E-state index is 14.4. The molecule has 0 fully saturated rings. The first-order valence-corrected chi connectivity index (χ1v) is 9.80. The molecule has 2 nitrogen and oxygen atoms in total. The fraction of sp³-hybridized carbons (Fsp3) is 0.115. The van der Waals surface area contributed by atoms with Crippen molar-refractivity contribution in [3.05, 3.63) is 102 Å². The van der Waals surface area contributed by atoms with Gasteiger partial charge in [0, 0.05) is 28.4 Å². The number of rotatable bonds is 3. The Morgan fingerprint density at radius 1 is 0.862 bits per heavy atom. The average molecular weight is 380 g/mol. The predicted octanol–water partition coefficient (Wildman–Crippen LogP) is 6.66. The monoisotopic (exact) mass is 380 g/mol. The topological polar surface area (TPSA) is 17.8 Å². The normalized spacial score (nSPS) is 11.4. The minimum absolute atomic E-state index is 0.178. The van der Waals surface area contributed by atoms with Crippen LogP contribution >= 0.6 is 0 Å². The molecule has 0 spiro atoms. The first kappa shape index (κ1) is 17.6. The second kappa shape index (κ2) is 6.85. The molecule has 5 rings (SSSR count). The third-order valence-corrected chi connectivity index (χ3v) is 5.85. The van der Waals surface area contributed by atoms with Crippen LogP contribution in [0.4, 0.5) is 4.39 Å². The Hall–Kier alpha value is -3.46. The summed E-state index contributed by atoms with van der Waals surface area (Å²) in [5.74, 6) is -0.178. The van der Waals surface area contributed by atoms with Gasteiger partial charge in [-0.05, 0) is 48.4 Å². The van der Waals surface area contributed by atoms with Crippen LogP contribution in [0.5, 0.6) is 0 Å². The van der Waals surface area contributed by atoms with E-state index in [2.05, 4.69) is 60.9 Å². The van der Waals surface area contributed by atoms with Crippen LogP contribution in [0, 0.1) is 19.7 Å². The lowest BCUT2D eigenvalue weighted by Gasteiger charge is -2.12. The van der Waals surface area contributed by atoms with Crippen molar-refractivity contribution in [1.29, 1.82) is 0 Å². The summed E-state index contributed by atoms with van der Waals surface area (Å²) in [6.07, 6.45) is 1.87. The molecule has 0 atom stereocenters. The summed E-state index contributed by atoms with van der Waals surface area (Å²) >= 11 is 0. The molecule has 2 aromatic heterocycles. The van der Waals surface area contributed by atoms with Crippen molar-refractivity contribution in [3.63, 3.8) is 0 Å². The summed E-state index contributed by atoms with van der Waals surface area (Å²) in [6.45, 7) is 4.70. The van der Waals surface area contributed by atoms with Gasteiger partial charge in [-0.1, -0.05) is 54.6 Å². The van der Waals surface area contributed by atoms with E-state index >= 15 is 0 Å². The largest absolute Gasteiger partial charge is 0.338 e. The van der Waals surface area contributed by atoms with Crippen LogP contribution in [-0.2, 0) is 6.54 Å². The number of halogens is 1. The van der Waals surface area contributed by atoms with Crippen molar-refractivity contribution in [3.8, 4) is 11.3 Å². The van der Waals surface area contributed by atoms with Gasteiger partial charge in [0.1, 0.15) is 5.82 Å². The van der Waals surface area contributed by atoms with Gasteiger partial charge in [-0.15, -0.1) is 0 Å². The van der Waals surface area contributed by atoms with Gasteiger partial charge in [0.15, 0.2) is 0 Å². The highest BCUT2D eigenvalue weighted by molar-refractivity contribution is 5.97. The second-order valence-corrected chi connectivity index (χ2v) is 7.51. The molecule has 0 saturated carbocycles. The van der Waals surface area contributed by atoms with Crippen molar-refractivity contribution in [1.82, 2.24) is 9.55 Å². The molecule has 0 saturated heterocycles. The van der Waals surface area contributed by atoms with Crippen molar-refractivity contribution >= 4 is 21.7 Å². The molecule has 0 aliphatic heterocycles. The van der Waals surface area contributed by atoms with Crippen LogP contribution < -0.4 is 0 Å². The third-order valence-electron chi connectivity index (χ3n) is 5.85. The van der Waals surface area contributed by atoms with Crippen LogP contribution in [0.3, 0.4) is 0 Å². The summed E-state index contributed by atoms with van der Waals surface area (Å²) in [6, 6.07) is 23.8. The van der Waals surface area contributed by atoms with Gasteiger partial charge >= 0.3 is 0 Å². The summed E-state index contributed by atoms with van der Waals surface area (Å²) in [5.41, 5.74) is 6.09. The Kier molecular flexibility index (Phi) is 4.17. The molecule has 0 N–H and O–H groups in total. The van der Waals surface area contributed by atoms with E-state index in [4.69, 9.17) is 4.98 Å². The molecule has 3 aromatic carbocycles. The van der Waals surface area contributed by atoms with Crippen molar-refractivity contribution in [2.24, 2.45) is 0 Å². The maximum Gasteiger partial charge on any atom is 0.128 e. The lowest BCUT2D eigenvalue weighted by Crippen LogP contribution is -2.05. The zero-order chi connectivity index (χ0) is 20.0. The van der Waals surface area contributed by atoms with Crippen molar-refractivity contribution < 1.29 is 4.39 Å². The van der Waals surface area contributed by atoms with E-state index in [1.165, 1.54) is 22.4 Å². The highest BCUT2D eigenvalue weighted by Gasteiger charge is 2.17. The number of aromatic nitrogens is 2. The van der Waals surface area contributed by atoms with Crippen LogP contribution in [0.15, 0.2) is 79.0 Å². The molecule has 0 radical (unpaired) electrons. The quantitative estimate of drug-likeness (QED) is 0.342. The molecule has 5 aromatic rings. The lowest BCUT2D eigenvalue weighted by atomic mass is 10.0. The number of hydrogen-bond donors (Lipinski definition) is 0. The fourth-order valence-corrected chi connectivity index (χ4v) is 4.14. The number of hydrogen-bond acceptors (Lipinski definition) is 1. The first-order chi connectivity index (χ1) is 14.1. The average Bonchev–Trinajstić information content (AvgIpc) is 3.00. The van der Waals surface area contributed by atoms with E-state index in [1.807, 2.05) is 24.4 Å². The lowest BCUT2D eigenvalue weighted by molar-refractivity contribution is 0.600. The third kappa shape index (κ3) is 2.90. The van der Waals surface area contributed by atoms with Crippen LogP contribution in [-0.4, -0.2) is 9.55 Å². The number of fused-ring (bicyclic) bond motifs is 2. The molecule has 2 heterocycles. The zero-order valence-electron chi connectivity index (χ0n) is 16.5. The molecular formula is C26H21FN2. The van der Waals surface area contributed by atoms with E-state index in [-0.39, 0.29) is 5.82 Å². The number of nitrogens with zero attached hydrogens (tertiary/aromatic N) is 2. The number of pyridine rings is 1. The van der Waals surface area contributed by atoms with E-state index < -0.39 is 0 Å². The summed E-state index contributed by atoms with van der Waals surface area (Å²) in [7, 11) is 0. The molecule has 3 heteroatoms. The van der Waals surface area contributed by atoms with Gasteiger partial charge < -0.3 is 4.57 Å². The molecule has 0 aliphatic rings. The van der Waals surface area contributed by atoms with E-state index in [1.54, 1.807) is 6.07 Å². The zero-order valence-corrected chi connectivity index (χ0v) is 16.5. The summed E-state index contributed by atoms with van der Waals surface area (Å²) in [5, 5.41) is 3.55. The van der Waals surface area contributed by atoms with Gasteiger partial charge in [-0.25, -0.2) is 4.39 Å². The van der Waals surface area contributed by atoms with Gasteiger partial charge in [-0.3, -0.25) is 4.98 Å². The van der Waals surface area contributed by atoms with Crippen molar-refractivity contribution in [2.45, 2.75) is 20.4 Å². The molecule has 0 aliphatic carbocycles. The SMILES string of the molecule is Cc1c(C)n(Cc2ccccc2F)c2c(-c3ccc4ccccc4c3)nccc12. The highest BCUT2D eigenvalue weighted by atomic mass is 19.1. The molecular weight excluding hydrogens is 359 g/mol. The van der Waals surface area contributed by atoms with Gasteiger partial charge in [0.05, 0.1) is 17.8 Å². The molecule has 0 amide bonds. The Morgan fingerprint density at radius 3 is 2.45 bits per heavy atom. The predicted molar refractivity (Wildman–Crippen MR) is 118 cm³/mol. The summed E-state index contributed by atoms with van der Waals surface area (Å²) in [4.78, 5) is 4.75. The summed E-state index contributed by atoms with van der Waals surface area (Å²) < 4.78 is 16.6. The molecule has 0 bridgehead atoms.